The second-order valence-electron chi connectivity index (χ2n) is 6.68. The SMILES string of the molecule is O=C(C[C@H](Nc1ccc2ccccc2c1)c1cccnc1)c1ccc(Cl)cc1. The predicted octanol–water partition coefficient (Wildman–Crippen LogP) is 6.31. The number of anilines is 1. The first-order valence-corrected chi connectivity index (χ1v) is 9.51. The van der Waals surface area contributed by atoms with Crippen molar-refractivity contribution < 1.29 is 4.79 Å². The predicted molar refractivity (Wildman–Crippen MR) is 115 cm³/mol. The maximum absolute atomic E-state index is 12.8. The minimum atomic E-state index is -0.182. The number of hydrogen-bond acceptors (Lipinski definition) is 3. The summed E-state index contributed by atoms with van der Waals surface area (Å²) in [6.07, 6.45) is 3.85. The van der Waals surface area contributed by atoms with Crippen molar-refractivity contribution in [1.82, 2.24) is 4.98 Å². The number of nitrogens with one attached hydrogen (secondary N) is 1. The van der Waals surface area contributed by atoms with Crippen LogP contribution < -0.4 is 5.32 Å². The van der Waals surface area contributed by atoms with Gasteiger partial charge in [0, 0.05) is 35.1 Å². The molecule has 0 aliphatic heterocycles. The average molecular weight is 387 g/mol. The number of nitrogens with zero attached hydrogens (tertiary/aromatic N) is 1. The van der Waals surface area contributed by atoms with E-state index in [2.05, 4.69) is 34.6 Å². The molecule has 0 amide bonds. The highest BCUT2D eigenvalue weighted by Crippen LogP contribution is 2.26. The Bertz CT molecular complexity index is 1090. The molecule has 0 unspecified atom stereocenters. The number of halogens is 1. The second kappa shape index (κ2) is 8.24. The average Bonchev–Trinajstić information content (AvgIpc) is 2.74. The highest BCUT2D eigenvalue weighted by Gasteiger charge is 2.18. The molecule has 0 saturated carbocycles. The number of pyridine rings is 1. The lowest BCUT2D eigenvalue weighted by Crippen LogP contribution is -2.16. The summed E-state index contributed by atoms with van der Waals surface area (Å²) in [4.78, 5) is 17.1. The van der Waals surface area contributed by atoms with Gasteiger partial charge >= 0.3 is 0 Å². The fraction of sp³-hybridized carbons (Fsp3) is 0.0833. The molecule has 1 heterocycles. The lowest BCUT2D eigenvalue weighted by Gasteiger charge is -2.20. The topological polar surface area (TPSA) is 42.0 Å². The first-order chi connectivity index (χ1) is 13.7. The van der Waals surface area contributed by atoms with E-state index in [0.717, 1.165) is 16.6 Å². The molecule has 3 aromatic carbocycles. The van der Waals surface area contributed by atoms with E-state index in [1.165, 1.54) is 5.39 Å². The molecular weight excluding hydrogens is 368 g/mol. The zero-order valence-corrected chi connectivity index (χ0v) is 15.9. The summed E-state index contributed by atoms with van der Waals surface area (Å²) < 4.78 is 0. The van der Waals surface area contributed by atoms with Crippen molar-refractivity contribution >= 4 is 33.8 Å². The summed E-state index contributed by atoms with van der Waals surface area (Å²) >= 11 is 5.94. The summed E-state index contributed by atoms with van der Waals surface area (Å²) in [6, 6.07) is 25.1. The molecule has 4 aromatic rings. The zero-order chi connectivity index (χ0) is 19.3. The number of aromatic nitrogens is 1. The van der Waals surface area contributed by atoms with Gasteiger partial charge in [-0.05, 0) is 58.8 Å². The van der Waals surface area contributed by atoms with Crippen molar-refractivity contribution in [1.29, 1.82) is 0 Å². The minimum Gasteiger partial charge on any atom is -0.378 e. The Morgan fingerprint density at radius 1 is 0.929 bits per heavy atom. The van der Waals surface area contributed by atoms with Gasteiger partial charge in [0.2, 0.25) is 0 Å². The Kier molecular flexibility index (Phi) is 5.36. The van der Waals surface area contributed by atoms with Crippen LogP contribution in [0.3, 0.4) is 0 Å². The molecule has 0 bridgehead atoms. The number of carbonyl (C=O) groups is 1. The molecule has 0 saturated heterocycles. The molecule has 138 valence electrons. The smallest absolute Gasteiger partial charge is 0.165 e. The van der Waals surface area contributed by atoms with Gasteiger partial charge in [-0.2, -0.15) is 0 Å². The van der Waals surface area contributed by atoms with Gasteiger partial charge in [0.15, 0.2) is 5.78 Å². The summed E-state index contributed by atoms with van der Waals surface area (Å²) in [6.45, 7) is 0. The van der Waals surface area contributed by atoms with Gasteiger partial charge in [0.1, 0.15) is 0 Å². The van der Waals surface area contributed by atoms with Crippen molar-refractivity contribution in [3.8, 4) is 0 Å². The Hall–Kier alpha value is -3.17. The molecule has 4 rings (SSSR count). The number of Topliss-reactive ketones (excluding diaryl/α,β-unsaturated/α-hetero) is 1. The van der Waals surface area contributed by atoms with E-state index >= 15 is 0 Å². The van der Waals surface area contributed by atoms with Crippen LogP contribution in [0.1, 0.15) is 28.4 Å². The van der Waals surface area contributed by atoms with Crippen LogP contribution in [0.25, 0.3) is 10.8 Å². The monoisotopic (exact) mass is 386 g/mol. The second-order valence-corrected chi connectivity index (χ2v) is 7.12. The molecule has 3 nitrogen and oxygen atoms in total. The molecule has 4 heteroatoms. The molecule has 1 N–H and O–H groups in total. The van der Waals surface area contributed by atoms with Gasteiger partial charge < -0.3 is 5.32 Å². The number of fused-ring (bicyclic) bond motifs is 1. The van der Waals surface area contributed by atoms with Crippen LogP contribution in [0.2, 0.25) is 5.02 Å². The third-order valence-corrected chi connectivity index (χ3v) is 4.98. The molecule has 28 heavy (non-hydrogen) atoms. The van der Waals surface area contributed by atoms with Gasteiger partial charge in [-0.25, -0.2) is 0 Å². The van der Waals surface area contributed by atoms with Crippen molar-refractivity contribution in [2.75, 3.05) is 5.32 Å². The van der Waals surface area contributed by atoms with Gasteiger partial charge in [0.25, 0.3) is 0 Å². The van der Waals surface area contributed by atoms with Crippen molar-refractivity contribution in [2.24, 2.45) is 0 Å². The molecule has 1 aromatic heterocycles. The van der Waals surface area contributed by atoms with E-state index in [1.54, 1.807) is 36.7 Å². The van der Waals surface area contributed by atoms with E-state index in [1.807, 2.05) is 30.3 Å². The van der Waals surface area contributed by atoms with Crippen LogP contribution in [0.15, 0.2) is 91.3 Å². The molecule has 1 atom stereocenters. The maximum Gasteiger partial charge on any atom is 0.165 e. The third-order valence-electron chi connectivity index (χ3n) is 4.73. The summed E-state index contributed by atoms with van der Waals surface area (Å²) in [5.74, 6) is 0.0545. The number of ketones is 1. The van der Waals surface area contributed by atoms with Crippen molar-refractivity contribution in [3.63, 3.8) is 0 Å². The van der Waals surface area contributed by atoms with E-state index in [0.29, 0.717) is 17.0 Å². The van der Waals surface area contributed by atoms with Crippen LogP contribution in [-0.2, 0) is 0 Å². The highest BCUT2D eigenvalue weighted by atomic mass is 35.5. The van der Waals surface area contributed by atoms with E-state index in [9.17, 15) is 4.79 Å². The van der Waals surface area contributed by atoms with E-state index in [4.69, 9.17) is 11.6 Å². The van der Waals surface area contributed by atoms with Crippen LogP contribution in [-0.4, -0.2) is 10.8 Å². The number of carbonyl (C=O) groups excluding carboxylic acids is 1. The molecule has 0 fully saturated rings. The Morgan fingerprint density at radius 3 is 2.46 bits per heavy atom. The van der Waals surface area contributed by atoms with Gasteiger partial charge in [0.05, 0.1) is 6.04 Å². The Labute approximate surface area is 169 Å². The lowest BCUT2D eigenvalue weighted by atomic mass is 9.98. The van der Waals surface area contributed by atoms with Crippen molar-refractivity contribution in [3.05, 3.63) is 107 Å². The van der Waals surface area contributed by atoms with Crippen molar-refractivity contribution in [2.45, 2.75) is 12.5 Å². The molecular formula is C24H19ClN2O. The molecule has 0 radical (unpaired) electrons. The number of benzene rings is 3. The molecule has 0 spiro atoms. The lowest BCUT2D eigenvalue weighted by molar-refractivity contribution is 0.0976. The first-order valence-electron chi connectivity index (χ1n) is 9.13. The van der Waals surface area contributed by atoms with Gasteiger partial charge in [-0.15, -0.1) is 0 Å². The zero-order valence-electron chi connectivity index (χ0n) is 15.2. The Balaban J connectivity index is 1.61. The number of rotatable bonds is 6. The quantitative estimate of drug-likeness (QED) is 0.394. The highest BCUT2D eigenvalue weighted by molar-refractivity contribution is 6.30. The number of hydrogen-bond donors (Lipinski definition) is 1. The minimum absolute atomic E-state index is 0.0545. The van der Waals surface area contributed by atoms with Crippen LogP contribution >= 0.6 is 11.6 Å². The van der Waals surface area contributed by atoms with E-state index in [-0.39, 0.29) is 11.8 Å². The Morgan fingerprint density at radius 2 is 1.71 bits per heavy atom. The normalized spacial score (nSPS) is 11.9. The third kappa shape index (κ3) is 4.21. The summed E-state index contributed by atoms with van der Waals surface area (Å²) in [5, 5.41) is 6.47. The maximum atomic E-state index is 12.8. The fourth-order valence-electron chi connectivity index (χ4n) is 3.25. The van der Waals surface area contributed by atoms with Gasteiger partial charge in [-0.3, -0.25) is 9.78 Å². The molecule has 0 aliphatic carbocycles. The van der Waals surface area contributed by atoms with Crippen LogP contribution in [0.4, 0.5) is 5.69 Å². The van der Waals surface area contributed by atoms with Crippen LogP contribution in [0, 0.1) is 0 Å². The largest absolute Gasteiger partial charge is 0.378 e. The van der Waals surface area contributed by atoms with Gasteiger partial charge in [-0.1, -0.05) is 48.0 Å². The standard InChI is InChI=1S/C24H19ClN2O/c25-21-10-7-18(8-11-21)24(28)15-23(20-6-3-13-26-16-20)27-22-12-9-17-4-1-2-5-19(17)14-22/h1-14,16,23,27H,15H2/t23-/m0/s1. The van der Waals surface area contributed by atoms with E-state index < -0.39 is 0 Å². The molecule has 0 aliphatic rings. The first kappa shape index (κ1) is 18.2. The van der Waals surface area contributed by atoms with Crippen LogP contribution in [0.5, 0.6) is 0 Å². The summed E-state index contributed by atoms with van der Waals surface area (Å²) in [7, 11) is 0. The fourth-order valence-corrected chi connectivity index (χ4v) is 3.38. The summed E-state index contributed by atoms with van der Waals surface area (Å²) in [5.41, 5.74) is 2.59.